The first-order valence-corrected chi connectivity index (χ1v) is 10.1. The summed E-state index contributed by atoms with van der Waals surface area (Å²) in [6.45, 7) is 1.93. The number of carbonyl (C=O) groups excluding carboxylic acids is 3. The number of nitrogens with zero attached hydrogens (tertiary/aromatic N) is 3. The average molecular weight is 409 g/mol. The average Bonchev–Trinajstić information content (AvgIpc) is 3.26. The molecule has 0 aliphatic carbocycles. The van der Waals surface area contributed by atoms with E-state index in [-0.39, 0.29) is 17.6 Å². The monoisotopic (exact) mass is 409 g/mol. The number of hydrogen-bond acceptors (Lipinski definition) is 5. The van der Waals surface area contributed by atoms with Crippen LogP contribution in [0.15, 0.2) is 78.5 Å². The first kappa shape index (κ1) is 19.0. The van der Waals surface area contributed by atoms with Crippen molar-refractivity contribution in [3.05, 3.63) is 89.6 Å². The number of amides is 2. The van der Waals surface area contributed by atoms with Gasteiger partial charge >= 0.3 is 0 Å². The molecule has 2 saturated heterocycles. The minimum Gasteiger partial charge on any atom is -0.359 e. The Hall–Kier alpha value is -3.98. The Morgan fingerprint density at radius 3 is 2.32 bits per heavy atom. The van der Waals surface area contributed by atoms with Crippen LogP contribution in [0.25, 0.3) is 0 Å². The minimum atomic E-state index is -0.814. The fourth-order valence-corrected chi connectivity index (χ4v) is 4.84. The number of allylic oxidation sites excluding steroid dienone is 2. The molecule has 0 bridgehead atoms. The molecule has 4 atom stereocenters. The van der Waals surface area contributed by atoms with E-state index in [1.54, 1.807) is 59.7 Å². The second kappa shape index (κ2) is 7.06. The van der Waals surface area contributed by atoms with Gasteiger partial charge in [-0.25, -0.2) is 4.90 Å². The summed E-state index contributed by atoms with van der Waals surface area (Å²) in [4.78, 5) is 43.5. The van der Waals surface area contributed by atoms with Crippen LogP contribution in [-0.2, 0) is 9.59 Å². The topological polar surface area (TPSA) is 81.5 Å². The summed E-state index contributed by atoms with van der Waals surface area (Å²) >= 11 is 0. The van der Waals surface area contributed by atoms with Crippen molar-refractivity contribution in [3.63, 3.8) is 0 Å². The molecule has 0 saturated carbocycles. The molecule has 3 heterocycles. The number of anilines is 1. The molecule has 152 valence electrons. The predicted molar refractivity (Wildman–Crippen MR) is 114 cm³/mol. The van der Waals surface area contributed by atoms with E-state index < -0.39 is 23.9 Å². The van der Waals surface area contributed by atoms with E-state index in [1.807, 2.05) is 25.1 Å². The standard InChI is InChI=1S/C25H19N3O3/c1-15-7-9-18(10-8-15)28-24(30)20-19-13-16(14-26)11-12-27(19)22(21(20)25(28)31)23(29)17-5-3-2-4-6-17/h2-13,19-22H,1H3/t19-,20-,21-,22+/m1/s1. The molecular formula is C25H19N3O3. The van der Waals surface area contributed by atoms with Crippen LogP contribution in [-0.4, -0.2) is 34.6 Å². The number of carbonyl (C=O) groups is 3. The Morgan fingerprint density at radius 2 is 1.65 bits per heavy atom. The largest absolute Gasteiger partial charge is 0.359 e. The van der Waals surface area contributed by atoms with Crippen molar-refractivity contribution < 1.29 is 14.4 Å². The van der Waals surface area contributed by atoms with Crippen molar-refractivity contribution in [2.75, 3.05) is 4.90 Å². The summed E-state index contributed by atoms with van der Waals surface area (Å²) in [5.41, 5.74) is 2.43. The summed E-state index contributed by atoms with van der Waals surface area (Å²) in [6.07, 6.45) is 4.99. The van der Waals surface area contributed by atoms with Crippen molar-refractivity contribution in [3.8, 4) is 6.07 Å². The fraction of sp³-hybridized carbons (Fsp3) is 0.200. The Morgan fingerprint density at radius 1 is 0.968 bits per heavy atom. The highest BCUT2D eigenvalue weighted by molar-refractivity contribution is 6.24. The summed E-state index contributed by atoms with van der Waals surface area (Å²) in [5.74, 6) is -2.45. The van der Waals surface area contributed by atoms with Crippen LogP contribution >= 0.6 is 0 Å². The van der Waals surface area contributed by atoms with Crippen molar-refractivity contribution in [1.82, 2.24) is 4.90 Å². The lowest BCUT2D eigenvalue weighted by molar-refractivity contribution is -0.123. The van der Waals surface area contributed by atoms with Crippen LogP contribution in [0.5, 0.6) is 0 Å². The van der Waals surface area contributed by atoms with E-state index in [4.69, 9.17) is 0 Å². The van der Waals surface area contributed by atoms with Crippen molar-refractivity contribution in [2.45, 2.75) is 19.0 Å². The molecule has 0 N–H and O–H groups in total. The van der Waals surface area contributed by atoms with Crippen LogP contribution in [0.2, 0.25) is 0 Å². The van der Waals surface area contributed by atoms with Gasteiger partial charge in [0, 0.05) is 11.8 Å². The van der Waals surface area contributed by atoms with Gasteiger partial charge < -0.3 is 4.90 Å². The summed E-state index contributed by atoms with van der Waals surface area (Å²) in [6, 6.07) is 16.8. The van der Waals surface area contributed by atoms with Gasteiger partial charge in [0.2, 0.25) is 11.8 Å². The third kappa shape index (κ3) is 2.82. The zero-order valence-electron chi connectivity index (χ0n) is 16.8. The molecule has 2 aromatic rings. The van der Waals surface area contributed by atoms with E-state index in [9.17, 15) is 19.6 Å². The highest BCUT2D eigenvalue weighted by atomic mass is 16.2. The van der Waals surface area contributed by atoms with Crippen molar-refractivity contribution in [2.24, 2.45) is 11.8 Å². The molecular weight excluding hydrogens is 390 g/mol. The molecule has 5 rings (SSSR count). The zero-order valence-corrected chi connectivity index (χ0v) is 16.8. The Bertz CT molecular complexity index is 1190. The number of Topliss-reactive ketones (excluding diaryl/α,β-unsaturated/α-hetero) is 1. The summed E-state index contributed by atoms with van der Waals surface area (Å²) in [5, 5.41) is 9.36. The van der Waals surface area contributed by atoms with Crippen LogP contribution in [0.4, 0.5) is 5.69 Å². The van der Waals surface area contributed by atoms with E-state index in [0.29, 0.717) is 16.8 Å². The van der Waals surface area contributed by atoms with Gasteiger partial charge in [0.1, 0.15) is 6.04 Å². The number of imide groups is 1. The Kier molecular flexibility index (Phi) is 4.33. The predicted octanol–water partition coefficient (Wildman–Crippen LogP) is 3.01. The second-order valence-electron chi connectivity index (χ2n) is 8.06. The molecule has 0 unspecified atom stereocenters. The van der Waals surface area contributed by atoms with Crippen LogP contribution in [0.1, 0.15) is 15.9 Å². The maximum atomic E-state index is 13.5. The highest BCUT2D eigenvalue weighted by Gasteiger charge is 2.63. The summed E-state index contributed by atoms with van der Waals surface area (Å²) < 4.78 is 0. The lowest BCUT2D eigenvalue weighted by atomic mass is 9.86. The van der Waals surface area contributed by atoms with Gasteiger partial charge in [0.15, 0.2) is 5.78 Å². The van der Waals surface area contributed by atoms with Gasteiger partial charge in [-0.3, -0.25) is 14.4 Å². The Balaban J connectivity index is 1.61. The molecule has 0 radical (unpaired) electrons. The molecule has 2 fully saturated rings. The van der Waals surface area contributed by atoms with Crippen LogP contribution < -0.4 is 4.90 Å². The number of fused-ring (bicyclic) bond motifs is 3. The van der Waals surface area contributed by atoms with E-state index in [1.165, 1.54) is 4.90 Å². The van der Waals surface area contributed by atoms with Crippen molar-refractivity contribution >= 4 is 23.3 Å². The summed E-state index contributed by atoms with van der Waals surface area (Å²) in [7, 11) is 0. The number of hydrogen-bond donors (Lipinski definition) is 0. The molecule has 3 aliphatic rings. The molecule has 2 aromatic carbocycles. The number of benzene rings is 2. The fourth-order valence-electron chi connectivity index (χ4n) is 4.84. The normalized spacial score (nSPS) is 26.4. The van der Waals surface area contributed by atoms with Crippen molar-refractivity contribution in [1.29, 1.82) is 5.26 Å². The maximum Gasteiger partial charge on any atom is 0.240 e. The zero-order chi connectivity index (χ0) is 21.7. The van der Waals surface area contributed by atoms with Gasteiger partial charge in [-0.05, 0) is 31.2 Å². The maximum absolute atomic E-state index is 13.5. The van der Waals surface area contributed by atoms with Crippen LogP contribution in [0.3, 0.4) is 0 Å². The lowest BCUT2D eigenvalue weighted by Crippen LogP contribution is -2.46. The van der Waals surface area contributed by atoms with E-state index in [2.05, 4.69) is 6.07 Å². The van der Waals surface area contributed by atoms with E-state index in [0.717, 1.165) is 5.56 Å². The molecule has 6 heteroatoms. The third-order valence-electron chi connectivity index (χ3n) is 6.30. The van der Waals surface area contributed by atoms with Gasteiger partial charge in [-0.1, -0.05) is 48.0 Å². The van der Waals surface area contributed by atoms with Gasteiger partial charge in [0.25, 0.3) is 0 Å². The molecule has 2 amide bonds. The molecule has 31 heavy (non-hydrogen) atoms. The first-order valence-electron chi connectivity index (χ1n) is 10.1. The molecule has 6 nitrogen and oxygen atoms in total. The van der Waals surface area contributed by atoms with Gasteiger partial charge in [-0.15, -0.1) is 0 Å². The minimum absolute atomic E-state index is 0.205. The number of nitriles is 1. The van der Waals surface area contributed by atoms with Gasteiger partial charge in [-0.2, -0.15) is 5.26 Å². The lowest BCUT2D eigenvalue weighted by Gasteiger charge is -2.32. The third-order valence-corrected chi connectivity index (χ3v) is 6.30. The second-order valence-corrected chi connectivity index (χ2v) is 8.06. The Labute approximate surface area is 179 Å². The smallest absolute Gasteiger partial charge is 0.240 e. The molecule has 0 spiro atoms. The molecule has 3 aliphatic heterocycles. The number of rotatable bonds is 3. The number of ketones is 1. The van der Waals surface area contributed by atoms with Gasteiger partial charge in [0.05, 0.1) is 35.2 Å². The molecule has 0 aromatic heterocycles. The SMILES string of the molecule is Cc1ccc(N2C(=O)[C@@H]3[C@H](C2=O)[C@H]2C=C(C#N)C=CN2[C@@H]3C(=O)c2ccccc2)cc1. The number of aryl methyl sites for hydroxylation is 1. The quantitative estimate of drug-likeness (QED) is 0.575. The highest BCUT2D eigenvalue weighted by Crippen LogP contribution is 2.47. The first-order chi connectivity index (χ1) is 15.0. The van der Waals surface area contributed by atoms with Crippen LogP contribution in [0, 0.1) is 30.1 Å². The van der Waals surface area contributed by atoms with E-state index >= 15 is 0 Å².